The highest BCUT2D eigenvalue weighted by molar-refractivity contribution is 9.10. The molecule has 0 aliphatic rings. The zero-order valence-corrected chi connectivity index (χ0v) is 13.1. The van der Waals surface area contributed by atoms with Crippen LogP contribution in [0.5, 0.6) is 0 Å². The molecule has 6 nitrogen and oxygen atoms in total. The van der Waals surface area contributed by atoms with E-state index in [9.17, 15) is 17.6 Å². The maximum absolute atomic E-state index is 13.7. The van der Waals surface area contributed by atoms with Gasteiger partial charge in [-0.2, -0.15) is 0 Å². The molecule has 0 saturated carbocycles. The van der Waals surface area contributed by atoms with Crippen LogP contribution in [0.1, 0.15) is 10.5 Å². The molecule has 0 unspecified atom stereocenters. The number of aromatic carboxylic acids is 1. The number of nitrogens with zero attached hydrogens (tertiary/aromatic N) is 1. The monoisotopic (exact) mass is 376 g/mol. The summed E-state index contributed by atoms with van der Waals surface area (Å²) in [6.07, 6.45) is 1.14. The number of sulfonamides is 1. The summed E-state index contributed by atoms with van der Waals surface area (Å²) in [6.45, 7) is 0. The van der Waals surface area contributed by atoms with Crippen molar-refractivity contribution >= 4 is 37.6 Å². The van der Waals surface area contributed by atoms with Crippen molar-refractivity contribution in [2.24, 2.45) is 7.05 Å². The van der Waals surface area contributed by atoms with E-state index in [1.54, 1.807) is 0 Å². The number of benzene rings is 1. The molecule has 1 heterocycles. The topological polar surface area (TPSA) is 88.4 Å². The van der Waals surface area contributed by atoms with E-state index in [2.05, 4.69) is 20.7 Å². The number of nitrogens with one attached hydrogen (secondary N) is 1. The van der Waals surface area contributed by atoms with Crippen LogP contribution in [-0.2, 0) is 17.1 Å². The van der Waals surface area contributed by atoms with Gasteiger partial charge in [-0.25, -0.2) is 17.6 Å². The van der Waals surface area contributed by atoms with Gasteiger partial charge in [-0.15, -0.1) is 0 Å². The van der Waals surface area contributed by atoms with Gasteiger partial charge in [0, 0.05) is 17.7 Å². The Morgan fingerprint density at radius 1 is 1.38 bits per heavy atom. The third kappa shape index (κ3) is 3.24. The lowest BCUT2D eigenvalue weighted by Gasteiger charge is -2.07. The fourth-order valence-corrected chi connectivity index (χ4v) is 3.14. The van der Waals surface area contributed by atoms with Crippen molar-refractivity contribution in [3.05, 3.63) is 46.4 Å². The Morgan fingerprint density at radius 2 is 2.05 bits per heavy atom. The number of carboxylic acids is 1. The summed E-state index contributed by atoms with van der Waals surface area (Å²) in [7, 11) is -2.67. The summed E-state index contributed by atoms with van der Waals surface area (Å²) in [5.41, 5.74) is -0.411. The molecule has 21 heavy (non-hydrogen) atoms. The highest BCUT2D eigenvalue weighted by Crippen LogP contribution is 2.23. The molecule has 2 rings (SSSR count). The largest absolute Gasteiger partial charge is 0.477 e. The molecule has 112 valence electrons. The van der Waals surface area contributed by atoms with Crippen LogP contribution >= 0.6 is 15.9 Å². The molecule has 2 aromatic rings. The average Bonchev–Trinajstić information content (AvgIpc) is 2.76. The maximum atomic E-state index is 13.7. The Labute approximate surface area is 128 Å². The van der Waals surface area contributed by atoms with Gasteiger partial charge in [0.05, 0.1) is 5.69 Å². The molecule has 2 N–H and O–H groups in total. The smallest absolute Gasteiger partial charge is 0.352 e. The second-order valence-electron chi connectivity index (χ2n) is 4.21. The maximum Gasteiger partial charge on any atom is 0.352 e. The van der Waals surface area contributed by atoms with Crippen molar-refractivity contribution in [3.8, 4) is 0 Å². The quantitative estimate of drug-likeness (QED) is 0.857. The second-order valence-corrected chi connectivity index (χ2v) is 6.80. The average molecular weight is 377 g/mol. The predicted octanol–water partition coefficient (Wildman–Crippen LogP) is 2.43. The van der Waals surface area contributed by atoms with Gasteiger partial charge in [0.2, 0.25) is 0 Å². The van der Waals surface area contributed by atoms with Gasteiger partial charge >= 0.3 is 5.97 Å². The molecule has 9 heteroatoms. The van der Waals surface area contributed by atoms with Crippen molar-refractivity contribution in [3.63, 3.8) is 0 Å². The fraction of sp³-hybridized carbons (Fsp3) is 0.0833. The van der Waals surface area contributed by atoms with Crippen LogP contribution in [0.25, 0.3) is 0 Å². The Kier molecular flexibility index (Phi) is 4.06. The van der Waals surface area contributed by atoms with Gasteiger partial charge in [0.25, 0.3) is 10.0 Å². The van der Waals surface area contributed by atoms with Crippen LogP contribution in [0.2, 0.25) is 0 Å². The van der Waals surface area contributed by atoms with Crippen molar-refractivity contribution in [2.45, 2.75) is 4.90 Å². The number of rotatable bonds is 4. The molecule has 0 spiro atoms. The first-order chi connectivity index (χ1) is 9.70. The second kappa shape index (κ2) is 5.49. The lowest BCUT2D eigenvalue weighted by molar-refractivity contribution is 0.0686. The number of carbonyl (C=O) groups is 1. The number of halogens is 2. The van der Waals surface area contributed by atoms with E-state index in [-0.39, 0.29) is 16.3 Å². The molecule has 0 bridgehead atoms. The number of carboxylic acid groups (broad SMARTS) is 1. The van der Waals surface area contributed by atoms with Crippen LogP contribution in [-0.4, -0.2) is 24.1 Å². The molecular weight excluding hydrogens is 367 g/mol. The molecule has 0 aliphatic carbocycles. The normalized spacial score (nSPS) is 11.4. The summed E-state index contributed by atoms with van der Waals surface area (Å²) in [5.74, 6) is -2.00. The van der Waals surface area contributed by atoms with Crippen LogP contribution in [0.4, 0.5) is 10.1 Å². The van der Waals surface area contributed by atoms with E-state index in [1.165, 1.54) is 19.2 Å². The zero-order chi connectivity index (χ0) is 15.8. The number of aryl methyl sites for hydroxylation is 1. The fourth-order valence-electron chi connectivity index (χ4n) is 1.67. The van der Waals surface area contributed by atoms with Gasteiger partial charge in [-0.1, -0.05) is 15.9 Å². The molecule has 0 aliphatic heterocycles. The lowest BCUT2D eigenvalue weighted by atomic mass is 10.3. The molecule has 1 aromatic carbocycles. The molecule has 0 radical (unpaired) electrons. The highest BCUT2D eigenvalue weighted by atomic mass is 79.9. The number of anilines is 1. The lowest BCUT2D eigenvalue weighted by Crippen LogP contribution is -2.13. The molecule has 0 fully saturated rings. The van der Waals surface area contributed by atoms with Gasteiger partial charge in [0.15, 0.2) is 0 Å². The van der Waals surface area contributed by atoms with Crippen LogP contribution in [0.3, 0.4) is 0 Å². The molecule has 0 atom stereocenters. The molecular formula is C12H10BrFN2O4S. The van der Waals surface area contributed by atoms with E-state index < -0.39 is 21.8 Å². The molecule has 0 saturated heterocycles. The van der Waals surface area contributed by atoms with Crippen molar-refractivity contribution in [1.82, 2.24) is 4.57 Å². The summed E-state index contributed by atoms with van der Waals surface area (Å²) in [5, 5.41) is 8.91. The minimum absolute atomic E-state index is 0.188. The van der Waals surface area contributed by atoms with E-state index in [0.29, 0.717) is 4.47 Å². The highest BCUT2D eigenvalue weighted by Gasteiger charge is 2.21. The SMILES string of the molecule is Cn1cc(S(=O)(=O)Nc2ccc(Br)cc2F)cc1C(=O)O. The number of hydrogen-bond donors (Lipinski definition) is 2. The van der Waals surface area contributed by atoms with Gasteiger partial charge < -0.3 is 9.67 Å². The Balaban J connectivity index is 2.38. The minimum Gasteiger partial charge on any atom is -0.477 e. The van der Waals surface area contributed by atoms with Gasteiger partial charge in [0.1, 0.15) is 16.4 Å². The van der Waals surface area contributed by atoms with E-state index in [4.69, 9.17) is 5.11 Å². The third-order valence-electron chi connectivity index (χ3n) is 2.68. The Morgan fingerprint density at radius 3 is 2.57 bits per heavy atom. The summed E-state index contributed by atoms with van der Waals surface area (Å²) in [4.78, 5) is 10.7. The van der Waals surface area contributed by atoms with Crippen LogP contribution in [0.15, 0.2) is 39.8 Å². The summed E-state index contributed by atoms with van der Waals surface area (Å²) >= 11 is 3.06. The minimum atomic E-state index is -4.07. The Bertz CT molecular complexity index is 817. The first kappa shape index (κ1) is 15.5. The summed E-state index contributed by atoms with van der Waals surface area (Å²) < 4.78 is 41.6. The van der Waals surface area contributed by atoms with Crippen molar-refractivity contribution in [2.75, 3.05) is 4.72 Å². The predicted molar refractivity (Wildman–Crippen MR) is 77.3 cm³/mol. The van der Waals surface area contributed by atoms with Crippen LogP contribution < -0.4 is 4.72 Å². The van der Waals surface area contributed by atoms with Gasteiger partial charge in [-0.05, 0) is 24.3 Å². The first-order valence-electron chi connectivity index (χ1n) is 5.58. The first-order valence-corrected chi connectivity index (χ1v) is 7.86. The number of aromatic nitrogens is 1. The summed E-state index contributed by atoms with van der Waals surface area (Å²) in [6, 6.07) is 4.86. The van der Waals surface area contributed by atoms with Gasteiger partial charge in [-0.3, -0.25) is 4.72 Å². The third-order valence-corrected chi connectivity index (χ3v) is 4.51. The molecule has 1 aromatic heterocycles. The van der Waals surface area contributed by atoms with Crippen molar-refractivity contribution in [1.29, 1.82) is 0 Å². The Hall–Kier alpha value is -1.87. The zero-order valence-electron chi connectivity index (χ0n) is 10.7. The number of hydrogen-bond acceptors (Lipinski definition) is 3. The molecule has 0 amide bonds. The van der Waals surface area contributed by atoms with E-state index in [1.807, 2.05) is 0 Å². The van der Waals surface area contributed by atoms with Crippen LogP contribution in [0, 0.1) is 5.82 Å². The van der Waals surface area contributed by atoms with Crippen molar-refractivity contribution < 1.29 is 22.7 Å². The standard InChI is InChI=1S/C12H10BrFN2O4S/c1-16-6-8(5-11(16)12(17)18)21(19,20)15-10-3-2-7(13)4-9(10)14/h2-6,15H,1H3,(H,17,18). The van der Waals surface area contributed by atoms with E-state index in [0.717, 1.165) is 22.9 Å². The van der Waals surface area contributed by atoms with E-state index >= 15 is 0 Å².